The van der Waals surface area contributed by atoms with Gasteiger partial charge in [0, 0.05) is 18.0 Å². The highest BCUT2D eigenvalue weighted by atomic mass is 19.1. The topological polar surface area (TPSA) is 42.4 Å². The molecule has 2 heterocycles. The molecule has 1 saturated carbocycles. The highest BCUT2D eigenvalue weighted by Crippen LogP contribution is 2.40. The molecule has 0 N–H and O–H groups in total. The predicted octanol–water partition coefficient (Wildman–Crippen LogP) is 5.60. The standard InChI is InChI=1S/C26H27FN2O2/c27-21-10-11-24-23(15-21)22(12-13-28-24)19-8-6-18(7-9-19)14-26(30)29-17-31-16-25(29)20-4-2-1-3-5-20/h1-5,10-13,15,18-19,25H,6-9,14,16-17H2. The molecule has 31 heavy (non-hydrogen) atoms. The predicted molar refractivity (Wildman–Crippen MR) is 118 cm³/mol. The number of halogens is 1. The number of hydrogen-bond acceptors (Lipinski definition) is 3. The van der Waals surface area contributed by atoms with Gasteiger partial charge >= 0.3 is 0 Å². The zero-order valence-electron chi connectivity index (χ0n) is 17.5. The lowest BCUT2D eigenvalue weighted by molar-refractivity contribution is -0.134. The van der Waals surface area contributed by atoms with E-state index in [0.717, 1.165) is 42.1 Å². The largest absolute Gasteiger partial charge is 0.359 e. The second-order valence-electron chi connectivity index (χ2n) is 8.77. The normalized spacial score (nSPS) is 23.9. The Bertz CT molecular complexity index is 1060. The van der Waals surface area contributed by atoms with Gasteiger partial charge in [-0.05, 0) is 72.9 Å². The van der Waals surface area contributed by atoms with Gasteiger partial charge in [0.25, 0.3) is 0 Å². The average Bonchev–Trinajstić information content (AvgIpc) is 3.30. The Morgan fingerprint density at radius 1 is 1.06 bits per heavy atom. The van der Waals surface area contributed by atoms with E-state index >= 15 is 0 Å². The van der Waals surface area contributed by atoms with Crippen LogP contribution in [0.4, 0.5) is 4.39 Å². The number of rotatable bonds is 4. The Morgan fingerprint density at radius 2 is 1.87 bits per heavy atom. The minimum Gasteiger partial charge on any atom is -0.359 e. The first-order valence-electron chi connectivity index (χ1n) is 11.2. The molecule has 5 heteroatoms. The summed E-state index contributed by atoms with van der Waals surface area (Å²) < 4.78 is 19.4. The fourth-order valence-corrected chi connectivity index (χ4v) is 5.18. The van der Waals surface area contributed by atoms with Crippen molar-refractivity contribution in [3.63, 3.8) is 0 Å². The van der Waals surface area contributed by atoms with Crippen molar-refractivity contribution in [1.82, 2.24) is 9.88 Å². The number of pyridine rings is 1. The van der Waals surface area contributed by atoms with Crippen molar-refractivity contribution in [2.24, 2.45) is 5.92 Å². The van der Waals surface area contributed by atoms with E-state index in [0.29, 0.717) is 31.6 Å². The highest BCUT2D eigenvalue weighted by molar-refractivity contribution is 5.82. The summed E-state index contributed by atoms with van der Waals surface area (Å²) in [5.74, 6) is 0.754. The maximum Gasteiger partial charge on any atom is 0.225 e. The van der Waals surface area contributed by atoms with E-state index in [4.69, 9.17) is 4.74 Å². The summed E-state index contributed by atoms with van der Waals surface area (Å²) in [6, 6.07) is 17.0. The molecule has 4 nitrogen and oxygen atoms in total. The van der Waals surface area contributed by atoms with E-state index in [1.165, 1.54) is 11.6 Å². The third-order valence-corrected chi connectivity index (χ3v) is 6.87. The number of benzene rings is 2. The summed E-state index contributed by atoms with van der Waals surface area (Å²) in [5.41, 5.74) is 3.16. The molecule has 0 bridgehead atoms. The molecule has 0 radical (unpaired) electrons. The quantitative estimate of drug-likeness (QED) is 0.554. The van der Waals surface area contributed by atoms with Crippen LogP contribution < -0.4 is 0 Å². The van der Waals surface area contributed by atoms with Crippen LogP contribution in [0, 0.1) is 11.7 Å². The van der Waals surface area contributed by atoms with Gasteiger partial charge in [0.05, 0.1) is 18.2 Å². The van der Waals surface area contributed by atoms with Crippen LogP contribution in [-0.2, 0) is 9.53 Å². The molecule has 1 aromatic heterocycles. The molecule has 1 aliphatic heterocycles. The van der Waals surface area contributed by atoms with E-state index in [1.807, 2.05) is 35.4 Å². The van der Waals surface area contributed by atoms with Crippen LogP contribution in [0.3, 0.4) is 0 Å². The van der Waals surface area contributed by atoms with Gasteiger partial charge in [-0.2, -0.15) is 0 Å². The molecule has 2 aliphatic rings. The number of carbonyl (C=O) groups is 1. The first-order chi connectivity index (χ1) is 15.2. The fraction of sp³-hybridized carbons (Fsp3) is 0.385. The summed E-state index contributed by atoms with van der Waals surface area (Å²) in [4.78, 5) is 19.3. The maximum absolute atomic E-state index is 13.8. The molecule has 2 aromatic carbocycles. The molecule has 160 valence electrons. The summed E-state index contributed by atoms with van der Waals surface area (Å²) >= 11 is 0. The molecule has 0 spiro atoms. The van der Waals surface area contributed by atoms with Gasteiger partial charge < -0.3 is 9.64 Å². The molecule has 1 amide bonds. The van der Waals surface area contributed by atoms with Gasteiger partial charge in [0.15, 0.2) is 0 Å². The number of fused-ring (bicyclic) bond motifs is 1. The van der Waals surface area contributed by atoms with Crippen LogP contribution >= 0.6 is 0 Å². The van der Waals surface area contributed by atoms with Gasteiger partial charge in [-0.3, -0.25) is 9.78 Å². The molecule has 5 rings (SSSR count). The monoisotopic (exact) mass is 418 g/mol. The molecule has 3 aromatic rings. The Kier molecular flexibility index (Phi) is 5.68. The van der Waals surface area contributed by atoms with Crippen molar-refractivity contribution < 1.29 is 13.9 Å². The lowest BCUT2D eigenvalue weighted by Crippen LogP contribution is -2.33. The number of hydrogen-bond donors (Lipinski definition) is 0. The second kappa shape index (κ2) is 8.75. The molecular weight excluding hydrogens is 391 g/mol. The average molecular weight is 419 g/mol. The van der Waals surface area contributed by atoms with Crippen molar-refractivity contribution in [3.05, 3.63) is 77.7 Å². The summed E-state index contributed by atoms with van der Waals surface area (Å²) in [7, 11) is 0. The fourth-order valence-electron chi connectivity index (χ4n) is 5.18. The van der Waals surface area contributed by atoms with Crippen molar-refractivity contribution in [3.8, 4) is 0 Å². The first-order valence-corrected chi connectivity index (χ1v) is 11.2. The van der Waals surface area contributed by atoms with Crippen LogP contribution in [0.2, 0.25) is 0 Å². The number of carbonyl (C=O) groups excluding carboxylic acids is 1. The zero-order valence-corrected chi connectivity index (χ0v) is 17.5. The lowest BCUT2D eigenvalue weighted by atomic mass is 9.76. The summed E-state index contributed by atoms with van der Waals surface area (Å²) in [5, 5.41) is 0.918. The molecule has 1 saturated heterocycles. The summed E-state index contributed by atoms with van der Waals surface area (Å²) in [6.07, 6.45) is 6.46. The van der Waals surface area contributed by atoms with Crippen molar-refractivity contribution in [2.75, 3.05) is 13.3 Å². The number of amides is 1. The number of nitrogens with zero attached hydrogens (tertiary/aromatic N) is 2. The third kappa shape index (κ3) is 4.19. The Labute approximate surface area is 182 Å². The van der Waals surface area contributed by atoms with Gasteiger partial charge in [-0.15, -0.1) is 0 Å². The smallest absolute Gasteiger partial charge is 0.225 e. The molecule has 1 aliphatic carbocycles. The SMILES string of the molecule is O=C(CC1CCC(c2ccnc3ccc(F)cc23)CC1)N1COCC1c1ccccc1. The third-order valence-electron chi connectivity index (χ3n) is 6.87. The van der Waals surface area contributed by atoms with Crippen molar-refractivity contribution in [2.45, 2.75) is 44.1 Å². The van der Waals surface area contributed by atoms with Gasteiger partial charge in [-0.25, -0.2) is 4.39 Å². The number of ether oxygens (including phenoxy) is 1. The Hall–Kier alpha value is -2.79. The van der Waals surface area contributed by atoms with E-state index in [-0.39, 0.29) is 17.8 Å². The van der Waals surface area contributed by atoms with Crippen LogP contribution in [0.5, 0.6) is 0 Å². The van der Waals surface area contributed by atoms with E-state index in [2.05, 4.69) is 17.1 Å². The maximum atomic E-state index is 13.8. The first kappa shape index (κ1) is 20.1. The number of aromatic nitrogens is 1. The lowest BCUT2D eigenvalue weighted by Gasteiger charge is -2.31. The second-order valence-corrected chi connectivity index (χ2v) is 8.77. The van der Waals surface area contributed by atoms with Crippen LogP contribution in [0.25, 0.3) is 10.9 Å². The summed E-state index contributed by atoms with van der Waals surface area (Å²) in [6.45, 7) is 0.941. The van der Waals surface area contributed by atoms with E-state index in [9.17, 15) is 9.18 Å². The van der Waals surface area contributed by atoms with Crippen molar-refractivity contribution in [1.29, 1.82) is 0 Å². The van der Waals surface area contributed by atoms with Gasteiger partial charge in [0.2, 0.25) is 5.91 Å². The van der Waals surface area contributed by atoms with Gasteiger partial charge in [-0.1, -0.05) is 30.3 Å². The van der Waals surface area contributed by atoms with E-state index < -0.39 is 0 Å². The minimum absolute atomic E-state index is 0.0168. The Morgan fingerprint density at radius 3 is 2.68 bits per heavy atom. The minimum atomic E-state index is -0.221. The highest BCUT2D eigenvalue weighted by Gasteiger charge is 2.33. The zero-order chi connectivity index (χ0) is 21.2. The van der Waals surface area contributed by atoms with Gasteiger partial charge in [0.1, 0.15) is 12.5 Å². The van der Waals surface area contributed by atoms with Crippen LogP contribution in [0.15, 0.2) is 60.8 Å². The molecule has 1 atom stereocenters. The Balaban J connectivity index is 1.22. The van der Waals surface area contributed by atoms with E-state index in [1.54, 1.807) is 12.1 Å². The van der Waals surface area contributed by atoms with Crippen LogP contribution in [0.1, 0.15) is 55.2 Å². The molecule has 1 unspecified atom stereocenters. The molecule has 2 fully saturated rings. The molecular formula is C26H27FN2O2. The van der Waals surface area contributed by atoms with Crippen molar-refractivity contribution >= 4 is 16.8 Å². The van der Waals surface area contributed by atoms with Crippen LogP contribution in [-0.4, -0.2) is 29.1 Å².